The molecule has 1 saturated heterocycles. The van der Waals surface area contributed by atoms with Crippen molar-refractivity contribution in [3.05, 3.63) is 42.0 Å². The second-order valence-corrected chi connectivity index (χ2v) is 12.7. The molecule has 214 valence electrons. The van der Waals surface area contributed by atoms with Crippen molar-refractivity contribution >= 4 is 27.9 Å². The Morgan fingerprint density at radius 3 is 2.37 bits per heavy atom. The van der Waals surface area contributed by atoms with Gasteiger partial charge in [-0.25, -0.2) is 18.7 Å². The molecule has 38 heavy (non-hydrogen) atoms. The average molecular weight is 552 g/mol. The van der Waals surface area contributed by atoms with Crippen LogP contribution in [0.25, 0.3) is 6.08 Å². The molecule has 2 rings (SSSR count). The summed E-state index contributed by atoms with van der Waals surface area (Å²) < 4.78 is 31.4. The maximum Gasteiger partial charge on any atom is 0.247 e. The molecular formula is C28H45N3O6S. The van der Waals surface area contributed by atoms with Crippen LogP contribution in [0.15, 0.2) is 36.4 Å². The van der Waals surface area contributed by atoms with E-state index in [4.69, 9.17) is 9.57 Å². The first-order chi connectivity index (χ1) is 18.0. The van der Waals surface area contributed by atoms with E-state index in [-0.39, 0.29) is 24.8 Å². The van der Waals surface area contributed by atoms with Crippen LogP contribution < -0.4 is 10.9 Å². The third-order valence-electron chi connectivity index (χ3n) is 6.36. The summed E-state index contributed by atoms with van der Waals surface area (Å²) in [5, 5.41) is 0. The van der Waals surface area contributed by atoms with Crippen molar-refractivity contribution < 1.29 is 27.6 Å². The van der Waals surface area contributed by atoms with E-state index in [1.165, 1.54) is 0 Å². The molecule has 1 aliphatic heterocycles. The molecule has 2 N–H and O–H groups in total. The molecule has 1 fully saturated rings. The summed E-state index contributed by atoms with van der Waals surface area (Å²) in [5.41, 5.74) is 6.10. The Balaban J connectivity index is 2.27. The molecular weight excluding hydrogens is 506 g/mol. The first-order valence-corrected chi connectivity index (χ1v) is 15.4. The van der Waals surface area contributed by atoms with Gasteiger partial charge in [0.1, 0.15) is 0 Å². The Bertz CT molecular complexity index is 991. The monoisotopic (exact) mass is 551 g/mol. The number of rotatable bonds is 15. The Hall–Kier alpha value is -2.27. The summed E-state index contributed by atoms with van der Waals surface area (Å²) in [6.07, 6.45) is 8.12. The fourth-order valence-corrected chi connectivity index (χ4v) is 4.91. The highest BCUT2D eigenvalue weighted by atomic mass is 32.2. The second-order valence-electron chi connectivity index (χ2n) is 10.8. The van der Waals surface area contributed by atoms with Gasteiger partial charge in [-0.2, -0.15) is 0 Å². The quantitative estimate of drug-likeness (QED) is 0.315. The lowest BCUT2D eigenvalue weighted by molar-refractivity contribution is -0.203. The van der Waals surface area contributed by atoms with Crippen LogP contribution in [0.3, 0.4) is 0 Å². The SMILES string of the molecule is CC(C)CCN(NC(=O)[C@H](CC(C)C)[C@H](CC=Cc1ccccc1)C(=O)NOC1CCCCO1)S(C)(=O)=O. The fraction of sp³-hybridized carbons (Fsp3) is 0.643. The van der Waals surface area contributed by atoms with Crippen molar-refractivity contribution in [2.45, 2.75) is 72.5 Å². The summed E-state index contributed by atoms with van der Waals surface area (Å²) in [7, 11) is -3.70. The first kappa shape index (κ1) is 31.9. The average Bonchev–Trinajstić information content (AvgIpc) is 2.86. The number of benzene rings is 1. The van der Waals surface area contributed by atoms with Gasteiger partial charge in [-0.15, -0.1) is 4.41 Å². The zero-order valence-corrected chi connectivity index (χ0v) is 24.2. The van der Waals surface area contributed by atoms with Gasteiger partial charge in [0, 0.05) is 19.6 Å². The summed E-state index contributed by atoms with van der Waals surface area (Å²) in [5.74, 6) is -2.17. The number of sulfonamides is 1. The van der Waals surface area contributed by atoms with E-state index in [0.717, 1.165) is 29.1 Å². The highest BCUT2D eigenvalue weighted by Gasteiger charge is 2.36. The molecule has 0 aromatic heterocycles. The van der Waals surface area contributed by atoms with Gasteiger partial charge in [0.2, 0.25) is 21.8 Å². The molecule has 3 atom stereocenters. The van der Waals surface area contributed by atoms with Crippen molar-refractivity contribution in [2.24, 2.45) is 23.7 Å². The first-order valence-electron chi connectivity index (χ1n) is 13.5. The van der Waals surface area contributed by atoms with Gasteiger partial charge in [-0.3, -0.25) is 15.0 Å². The van der Waals surface area contributed by atoms with Gasteiger partial charge in [0.05, 0.1) is 18.1 Å². The number of allylic oxidation sites excluding steroid dienone is 1. The lowest BCUT2D eigenvalue weighted by Gasteiger charge is -2.30. The predicted octanol–water partition coefficient (Wildman–Crippen LogP) is 4.28. The van der Waals surface area contributed by atoms with E-state index in [1.54, 1.807) is 0 Å². The molecule has 1 aromatic rings. The van der Waals surface area contributed by atoms with Gasteiger partial charge in [0.15, 0.2) is 6.29 Å². The Morgan fingerprint density at radius 2 is 1.79 bits per heavy atom. The van der Waals surface area contributed by atoms with Crippen LogP contribution >= 0.6 is 0 Å². The van der Waals surface area contributed by atoms with Crippen molar-refractivity contribution in [3.63, 3.8) is 0 Å². The maximum absolute atomic E-state index is 13.6. The van der Waals surface area contributed by atoms with Crippen LogP contribution in [0, 0.1) is 23.7 Å². The topological polar surface area (TPSA) is 114 Å². The Kier molecular flexibility index (Phi) is 13.4. The minimum atomic E-state index is -3.70. The summed E-state index contributed by atoms with van der Waals surface area (Å²) in [6, 6.07) is 9.67. The van der Waals surface area contributed by atoms with Gasteiger partial charge < -0.3 is 4.74 Å². The zero-order chi connectivity index (χ0) is 28.1. The van der Waals surface area contributed by atoms with Crippen LogP contribution in [0.1, 0.15) is 71.8 Å². The Labute approximate surface area is 228 Å². The number of carbonyl (C=O) groups is 2. The van der Waals surface area contributed by atoms with E-state index in [0.29, 0.717) is 25.9 Å². The minimum absolute atomic E-state index is 0.0871. The molecule has 1 unspecified atom stereocenters. The lowest BCUT2D eigenvalue weighted by Crippen LogP contribution is -2.51. The predicted molar refractivity (Wildman–Crippen MR) is 148 cm³/mol. The highest BCUT2D eigenvalue weighted by Crippen LogP contribution is 2.26. The number of hydrogen-bond acceptors (Lipinski definition) is 6. The molecule has 0 aliphatic carbocycles. The van der Waals surface area contributed by atoms with Gasteiger partial charge in [0.25, 0.3) is 0 Å². The van der Waals surface area contributed by atoms with Crippen molar-refractivity contribution in [1.29, 1.82) is 0 Å². The highest BCUT2D eigenvalue weighted by molar-refractivity contribution is 7.88. The van der Waals surface area contributed by atoms with E-state index in [2.05, 4.69) is 10.9 Å². The zero-order valence-electron chi connectivity index (χ0n) is 23.4. The number of hydrazine groups is 1. The summed E-state index contributed by atoms with van der Waals surface area (Å²) >= 11 is 0. The van der Waals surface area contributed by atoms with Gasteiger partial charge >= 0.3 is 0 Å². The number of carbonyl (C=O) groups excluding carboxylic acids is 2. The number of nitrogens with one attached hydrogen (secondary N) is 2. The standard InChI is InChI=1S/C28H45N3O6S/c1-21(2)17-18-31(38(5,34)35)29-27(32)25(20-22(3)4)24(15-11-14-23-12-7-6-8-13-23)28(33)30-37-26-16-9-10-19-36-26/h6-8,11-14,21-22,24-26H,9-10,15-20H2,1-5H3,(H,29,32)(H,30,33)/t24-,25+,26?/m0/s1. The molecule has 1 heterocycles. The van der Waals surface area contributed by atoms with E-state index in [9.17, 15) is 18.0 Å². The number of nitrogens with zero attached hydrogens (tertiary/aromatic N) is 1. The molecule has 2 amide bonds. The van der Waals surface area contributed by atoms with Crippen molar-refractivity contribution in [3.8, 4) is 0 Å². The molecule has 0 saturated carbocycles. The summed E-state index contributed by atoms with van der Waals surface area (Å²) in [6.45, 7) is 8.63. The lowest BCUT2D eigenvalue weighted by atomic mass is 9.82. The van der Waals surface area contributed by atoms with Crippen LogP contribution in [0.2, 0.25) is 0 Å². The van der Waals surface area contributed by atoms with Crippen LogP contribution in [0.4, 0.5) is 0 Å². The number of amides is 2. The van der Waals surface area contributed by atoms with Gasteiger partial charge in [-0.1, -0.05) is 70.2 Å². The molecule has 10 heteroatoms. The number of hydrogen-bond donors (Lipinski definition) is 2. The molecule has 9 nitrogen and oxygen atoms in total. The molecule has 0 radical (unpaired) electrons. The third-order valence-corrected chi connectivity index (χ3v) is 7.43. The molecule has 0 spiro atoms. The van der Waals surface area contributed by atoms with Crippen LogP contribution in [-0.2, 0) is 29.2 Å². The maximum atomic E-state index is 13.6. The van der Waals surface area contributed by atoms with E-state index >= 15 is 0 Å². The minimum Gasteiger partial charge on any atom is -0.350 e. The molecule has 1 aromatic carbocycles. The third kappa shape index (κ3) is 11.6. The van der Waals surface area contributed by atoms with Crippen LogP contribution in [-0.4, -0.2) is 50.3 Å². The van der Waals surface area contributed by atoms with E-state index in [1.807, 2.05) is 70.2 Å². The normalized spacial score (nSPS) is 18.2. The summed E-state index contributed by atoms with van der Waals surface area (Å²) in [4.78, 5) is 32.5. The van der Waals surface area contributed by atoms with Crippen LogP contribution in [0.5, 0.6) is 0 Å². The fourth-order valence-electron chi connectivity index (χ4n) is 4.22. The number of hydroxylamine groups is 1. The van der Waals surface area contributed by atoms with Crippen molar-refractivity contribution in [1.82, 2.24) is 15.3 Å². The van der Waals surface area contributed by atoms with Crippen molar-refractivity contribution in [2.75, 3.05) is 19.4 Å². The molecule has 0 bridgehead atoms. The smallest absolute Gasteiger partial charge is 0.247 e. The molecule has 1 aliphatic rings. The number of ether oxygens (including phenoxy) is 1. The largest absolute Gasteiger partial charge is 0.350 e. The Morgan fingerprint density at radius 1 is 1.08 bits per heavy atom. The van der Waals surface area contributed by atoms with E-state index < -0.39 is 40.0 Å². The van der Waals surface area contributed by atoms with Gasteiger partial charge in [-0.05, 0) is 49.5 Å². The second kappa shape index (κ2) is 16.0.